The molecule has 0 bridgehead atoms. The Morgan fingerprint density at radius 3 is 2.40 bits per heavy atom. The third-order valence-corrected chi connectivity index (χ3v) is 7.54. The van der Waals surface area contributed by atoms with E-state index in [1.165, 1.54) is 16.4 Å². The maximum absolute atomic E-state index is 13.3. The molecule has 0 aliphatic carbocycles. The number of halogens is 2. The van der Waals surface area contributed by atoms with Crippen LogP contribution in [0.4, 0.5) is 15.8 Å². The van der Waals surface area contributed by atoms with E-state index in [1.807, 2.05) is 0 Å². The van der Waals surface area contributed by atoms with E-state index in [2.05, 4.69) is 10.2 Å². The number of amides is 1. The summed E-state index contributed by atoms with van der Waals surface area (Å²) in [6, 6.07) is 8.31. The number of hydrogen-bond acceptors (Lipinski definition) is 4. The summed E-state index contributed by atoms with van der Waals surface area (Å²) in [7, 11) is -3.69. The van der Waals surface area contributed by atoms with E-state index in [0.29, 0.717) is 18.8 Å². The molecule has 1 aliphatic heterocycles. The number of rotatable bonds is 7. The average molecular weight is 454 g/mol. The molecule has 30 heavy (non-hydrogen) atoms. The van der Waals surface area contributed by atoms with E-state index >= 15 is 0 Å². The third kappa shape index (κ3) is 4.61. The molecular weight excluding hydrogens is 429 g/mol. The van der Waals surface area contributed by atoms with Gasteiger partial charge in [-0.15, -0.1) is 0 Å². The molecule has 0 saturated carbocycles. The quantitative estimate of drug-likeness (QED) is 0.676. The first-order valence-corrected chi connectivity index (χ1v) is 11.7. The second kappa shape index (κ2) is 9.32. The Hall–Kier alpha value is -2.16. The van der Waals surface area contributed by atoms with Gasteiger partial charge < -0.3 is 10.2 Å². The maximum Gasteiger partial charge on any atom is 0.257 e. The summed E-state index contributed by atoms with van der Waals surface area (Å²) in [6.07, 6.45) is 2.05. The normalized spacial score (nSPS) is 14.4. The summed E-state index contributed by atoms with van der Waals surface area (Å²) in [6.45, 7) is 5.89. The minimum absolute atomic E-state index is 0.0119. The van der Waals surface area contributed by atoms with Gasteiger partial charge in [0, 0.05) is 26.2 Å². The van der Waals surface area contributed by atoms with E-state index in [-0.39, 0.29) is 15.5 Å². The smallest absolute Gasteiger partial charge is 0.257 e. The Morgan fingerprint density at radius 1 is 1.13 bits per heavy atom. The molecule has 0 radical (unpaired) electrons. The highest BCUT2D eigenvalue weighted by atomic mass is 35.5. The van der Waals surface area contributed by atoms with Gasteiger partial charge in [0.2, 0.25) is 10.0 Å². The van der Waals surface area contributed by atoms with Crippen molar-refractivity contribution in [2.75, 3.05) is 36.4 Å². The highest BCUT2D eigenvalue weighted by Gasteiger charge is 2.25. The molecule has 1 heterocycles. The minimum atomic E-state index is -3.69. The van der Waals surface area contributed by atoms with Crippen LogP contribution in [0.3, 0.4) is 0 Å². The van der Waals surface area contributed by atoms with Crippen molar-refractivity contribution < 1.29 is 17.6 Å². The van der Waals surface area contributed by atoms with E-state index in [4.69, 9.17) is 11.6 Å². The summed E-state index contributed by atoms with van der Waals surface area (Å²) >= 11 is 6.03. The predicted octanol–water partition coefficient (Wildman–Crippen LogP) is 4.36. The predicted molar refractivity (Wildman–Crippen MR) is 117 cm³/mol. The zero-order valence-electron chi connectivity index (χ0n) is 17.0. The van der Waals surface area contributed by atoms with Gasteiger partial charge in [-0.3, -0.25) is 4.79 Å². The number of sulfonamides is 1. The largest absolute Gasteiger partial charge is 0.370 e. The number of carbonyl (C=O) groups is 1. The number of nitrogens with one attached hydrogen (secondary N) is 1. The lowest BCUT2D eigenvalue weighted by Gasteiger charge is -2.24. The van der Waals surface area contributed by atoms with E-state index in [9.17, 15) is 17.6 Å². The molecule has 2 aromatic carbocycles. The average Bonchev–Trinajstić information content (AvgIpc) is 3.23. The van der Waals surface area contributed by atoms with Gasteiger partial charge in [-0.25, -0.2) is 12.8 Å². The fourth-order valence-corrected chi connectivity index (χ4v) is 5.32. The van der Waals surface area contributed by atoms with Crippen LogP contribution >= 0.6 is 11.6 Å². The van der Waals surface area contributed by atoms with Gasteiger partial charge in [0.1, 0.15) is 5.82 Å². The third-order valence-electron chi connectivity index (χ3n) is 5.18. The summed E-state index contributed by atoms with van der Waals surface area (Å²) in [5, 5.41) is 2.77. The Labute approximate surface area is 181 Å². The Morgan fingerprint density at radius 2 is 1.80 bits per heavy atom. The van der Waals surface area contributed by atoms with Gasteiger partial charge in [0.25, 0.3) is 5.91 Å². The molecule has 0 aromatic heterocycles. The highest BCUT2D eigenvalue weighted by Crippen LogP contribution is 2.33. The summed E-state index contributed by atoms with van der Waals surface area (Å²) < 4.78 is 40.6. The Kier molecular flexibility index (Phi) is 7.00. The molecule has 1 amide bonds. The van der Waals surface area contributed by atoms with Crippen LogP contribution in [0.25, 0.3) is 0 Å². The topological polar surface area (TPSA) is 69.7 Å². The van der Waals surface area contributed by atoms with Crippen LogP contribution in [0, 0.1) is 5.82 Å². The van der Waals surface area contributed by atoms with Crippen LogP contribution in [-0.2, 0) is 10.0 Å². The molecule has 1 fully saturated rings. The first-order chi connectivity index (χ1) is 14.3. The molecule has 2 aromatic rings. The van der Waals surface area contributed by atoms with Crippen molar-refractivity contribution in [2.45, 2.75) is 31.6 Å². The summed E-state index contributed by atoms with van der Waals surface area (Å²) in [5.41, 5.74) is 1.25. The zero-order chi connectivity index (χ0) is 21.9. The van der Waals surface area contributed by atoms with Gasteiger partial charge in [0.15, 0.2) is 0 Å². The molecule has 0 spiro atoms. The van der Waals surface area contributed by atoms with Crippen molar-refractivity contribution >= 4 is 38.9 Å². The standard InChI is InChI=1S/C21H25ClFN3O3S/c1-3-26(4-2)30(28,29)16-8-10-20(25-11-5-6-12-25)19(14-16)24-21(27)17-9-7-15(23)13-18(17)22/h7-10,13-14H,3-6,11-12H2,1-2H3,(H,24,27). The molecule has 9 heteroatoms. The van der Waals surface area contributed by atoms with Crippen molar-refractivity contribution in [3.63, 3.8) is 0 Å². The molecule has 162 valence electrons. The van der Waals surface area contributed by atoms with Gasteiger partial charge in [-0.1, -0.05) is 25.4 Å². The van der Waals surface area contributed by atoms with E-state index < -0.39 is 21.7 Å². The molecule has 1 N–H and O–H groups in total. The second-order valence-corrected chi connectivity index (χ2v) is 9.39. The fourth-order valence-electron chi connectivity index (χ4n) is 3.59. The van der Waals surface area contributed by atoms with Gasteiger partial charge in [-0.05, 0) is 49.2 Å². The SMILES string of the molecule is CCN(CC)S(=O)(=O)c1ccc(N2CCCC2)c(NC(=O)c2ccc(F)cc2Cl)c1. The van der Waals surface area contributed by atoms with Crippen molar-refractivity contribution in [3.05, 3.63) is 52.8 Å². The van der Waals surface area contributed by atoms with Gasteiger partial charge in [0.05, 0.1) is 26.9 Å². The molecule has 0 unspecified atom stereocenters. The number of benzene rings is 2. The Balaban J connectivity index is 2.02. The number of nitrogens with zero attached hydrogens (tertiary/aromatic N) is 2. The van der Waals surface area contributed by atoms with Gasteiger partial charge >= 0.3 is 0 Å². The lowest BCUT2D eigenvalue weighted by atomic mass is 10.2. The lowest BCUT2D eigenvalue weighted by Crippen LogP contribution is -2.31. The fraction of sp³-hybridized carbons (Fsp3) is 0.381. The first kappa shape index (κ1) is 22.5. The number of carbonyl (C=O) groups excluding carboxylic acids is 1. The zero-order valence-corrected chi connectivity index (χ0v) is 18.6. The van der Waals surface area contributed by atoms with Crippen LogP contribution in [0.2, 0.25) is 5.02 Å². The monoisotopic (exact) mass is 453 g/mol. The lowest BCUT2D eigenvalue weighted by molar-refractivity contribution is 0.102. The van der Waals surface area contributed by atoms with Crippen molar-refractivity contribution in [1.29, 1.82) is 0 Å². The van der Waals surface area contributed by atoms with E-state index in [1.54, 1.807) is 26.0 Å². The first-order valence-electron chi connectivity index (χ1n) is 9.93. The number of anilines is 2. The number of hydrogen-bond donors (Lipinski definition) is 1. The molecule has 1 aliphatic rings. The molecular formula is C21H25ClFN3O3S. The Bertz CT molecular complexity index is 1040. The summed E-state index contributed by atoms with van der Waals surface area (Å²) in [4.78, 5) is 15.0. The highest BCUT2D eigenvalue weighted by molar-refractivity contribution is 7.89. The van der Waals surface area contributed by atoms with Crippen molar-refractivity contribution in [3.8, 4) is 0 Å². The summed E-state index contributed by atoms with van der Waals surface area (Å²) in [5.74, 6) is -1.07. The second-order valence-electron chi connectivity index (χ2n) is 7.04. The minimum Gasteiger partial charge on any atom is -0.370 e. The van der Waals surface area contributed by atoms with Crippen LogP contribution in [-0.4, -0.2) is 44.8 Å². The van der Waals surface area contributed by atoms with E-state index in [0.717, 1.165) is 43.8 Å². The molecule has 0 atom stereocenters. The van der Waals surface area contributed by atoms with Crippen LogP contribution in [0.15, 0.2) is 41.3 Å². The molecule has 1 saturated heterocycles. The van der Waals surface area contributed by atoms with Crippen LogP contribution in [0.5, 0.6) is 0 Å². The molecule has 3 rings (SSSR count). The maximum atomic E-state index is 13.3. The molecule has 6 nitrogen and oxygen atoms in total. The van der Waals surface area contributed by atoms with Crippen molar-refractivity contribution in [2.24, 2.45) is 0 Å². The van der Waals surface area contributed by atoms with Crippen molar-refractivity contribution in [1.82, 2.24) is 4.31 Å². The van der Waals surface area contributed by atoms with Crippen LogP contribution in [0.1, 0.15) is 37.0 Å². The van der Waals surface area contributed by atoms with Gasteiger partial charge in [-0.2, -0.15) is 4.31 Å². The van der Waals surface area contributed by atoms with Crippen LogP contribution < -0.4 is 10.2 Å².